The molecule has 0 saturated heterocycles. The predicted octanol–water partition coefficient (Wildman–Crippen LogP) is 5.11. The molecule has 0 aliphatic heterocycles. The van der Waals surface area contributed by atoms with Crippen LogP contribution in [-0.2, 0) is 16.0 Å². The van der Waals surface area contributed by atoms with Gasteiger partial charge in [-0.1, -0.05) is 37.3 Å². The molecule has 2 aromatic carbocycles. The zero-order chi connectivity index (χ0) is 22.0. The minimum Gasteiger partial charge on any atom is -0.497 e. The number of ketones is 1. The van der Waals surface area contributed by atoms with Crippen LogP contribution in [0, 0.1) is 5.92 Å². The maximum atomic E-state index is 13.0. The Morgan fingerprint density at radius 3 is 2.55 bits per heavy atom. The Bertz CT molecular complexity index is 1180. The summed E-state index contributed by atoms with van der Waals surface area (Å²) < 4.78 is 10.6. The van der Waals surface area contributed by atoms with E-state index in [0.717, 1.165) is 51.9 Å². The minimum absolute atomic E-state index is 0.186. The van der Waals surface area contributed by atoms with Gasteiger partial charge in [0.2, 0.25) is 0 Å². The van der Waals surface area contributed by atoms with Crippen molar-refractivity contribution in [2.24, 2.45) is 5.92 Å². The summed E-state index contributed by atoms with van der Waals surface area (Å²) in [4.78, 5) is 29.4. The second-order valence-corrected chi connectivity index (χ2v) is 8.07. The van der Waals surface area contributed by atoms with E-state index >= 15 is 0 Å². The highest BCUT2D eigenvalue weighted by Crippen LogP contribution is 2.38. The summed E-state index contributed by atoms with van der Waals surface area (Å²) in [6, 6.07) is 15.5. The van der Waals surface area contributed by atoms with Crippen LogP contribution in [0.5, 0.6) is 5.75 Å². The molecular formula is C26H25NO4. The van der Waals surface area contributed by atoms with Crippen molar-refractivity contribution >= 4 is 34.3 Å². The number of benzene rings is 2. The Hall–Kier alpha value is -3.47. The van der Waals surface area contributed by atoms with E-state index in [2.05, 4.69) is 13.0 Å². The lowest BCUT2D eigenvalue weighted by molar-refractivity contribution is -0.120. The molecular weight excluding hydrogens is 390 g/mol. The number of esters is 1. The second kappa shape index (κ2) is 8.72. The molecule has 0 spiro atoms. The summed E-state index contributed by atoms with van der Waals surface area (Å²) in [6.45, 7) is 3.35. The number of methoxy groups -OCH3 is 1. The molecule has 158 valence electrons. The molecule has 3 aromatic rings. The van der Waals surface area contributed by atoms with Crippen molar-refractivity contribution < 1.29 is 19.1 Å². The maximum absolute atomic E-state index is 13.0. The Balaban J connectivity index is 1.87. The van der Waals surface area contributed by atoms with E-state index in [1.807, 2.05) is 48.5 Å². The molecule has 1 aliphatic carbocycles. The first-order valence-corrected chi connectivity index (χ1v) is 10.4. The van der Waals surface area contributed by atoms with Crippen molar-refractivity contribution in [3.8, 4) is 5.75 Å². The molecule has 0 amide bonds. The molecule has 0 bridgehead atoms. The minimum atomic E-state index is -0.469. The van der Waals surface area contributed by atoms with Crippen LogP contribution in [0.15, 0.2) is 48.5 Å². The largest absolute Gasteiger partial charge is 0.497 e. The van der Waals surface area contributed by atoms with Gasteiger partial charge in [-0.05, 0) is 66.7 Å². The number of ether oxygens (including phenoxy) is 2. The number of Topliss-reactive ketones (excluding diaryl/α,β-unsaturated/α-hetero) is 1. The van der Waals surface area contributed by atoms with E-state index in [1.54, 1.807) is 7.11 Å². The van der Waals surface area contributed by atoms with Crippen LogP contribution in [0.4, 0.5) is 0 Å². The van der Waals surface area contributed by atoms with E-state index in [9.17, 15) is 9.59 Å². The monoisotopic (exact) mass is 415 g/mol. The number of nitrogens with zero attached hydrogens (tertiary/aromatic N) is 1. The molecule has 31 heavy (non-hydrogen) atoms. The number of allylic oxidation sites excluding steroid dienone is 1. The molecule has 1 aromatic heterocycles. The van der Waals surface area contributed by atoms with Gasteiger partial charge in [0.25, 0.3) is 0 Å². The molecule has 0 radical (unpaired) electrons. The van der Waals surface area contributed by atoms with Crippen LogP contribution in [0.3, 0.4) is 0 Å². The molecule has 0 saturated carbocycles. The van der Waals surface area contributed by atoms with Gasteiger partial charge in [0, 0.05) is 5.39 Å². The first kappa shape index (κ1) is 20.8. The standard InChI is InChI=1S/C26H25NO4/c1-16-12-19(14-18-8-10-20(30-3)11-9-18)25-22(13-16)24(26(29)31-15-17(2)28)21-6-4-5-7-23(21)27-25/h4-11,14,16H,12-13,15H2,1-3H3. The van der Waals surface area contributed by atoms with Gasteiger partial charge in [0.15, 0.2) is 5.78 Å². The Morgan fingerprint density at radius 2 is 1.84 bits per heavy atom. The zero-order valence-corrected chi connectivity index (χ0v) is 18.0. The summed E-state index contributed by atoms with van der Waals surface area (Å²) in [6.07, 6.45) is 3.73. The first-order valence-electron chi connectivity index (χ1n) is 10.4. The smallest absolute Gasteiger partial charge is 0.339 e. The molecule has 0 fully saturated rings. The van der Waals surface area contributed by atoms with Crippen LogP contribution in [0.2, 0.25) is 0 Å². The predicted molar refractivity (Wildman–Crippen MR) is 121 cm³/mol. The van der Waals surface area contributed by atoms with Crippen molar-refractivity contribution in [3.05, 3.63) is 70.9 Å². The van der Waals surface area contributed by atoms with Crippen LogP contribution in [0.1, 0.15) is 47.4 Å². The SMILES string of the molecule is COc1ccc(C=C2CC(C)Cc3c2nc2ccccc2c3C(=O)OCC(C)=O)cc1. The topological polar surface area (TPSA) is 65.5 Å². The highest BCUT2D eigenvalue weighted by atomic mass is 16.5. The molecule has 1 unspecified atom stereocenters. The first-order chi connectivity index (χ1) is 15.0. The highest BCUT2D eigenvalue weighted by Gasteiger charge is 2.28. The fourth-order valence-corrected chi connectivity index (χ4v) is 4.11. The van der Waals surface area contributed by atoms with Crippen molar-refractivity contribution in [1.29, 1.82) is 0 Å². The number of rotatable bonds is 5. The normalized spacial score (nSPS) is 16.7. The fraction of sp³-hybridized carbons (Fsp3) is 0.269. The Labute approximate surface area is 181 Å². The van der Waals surface area contributed by atoms with E-state index < -0.39 is 5.97 Å². The number of para-hydroxylation sites is 1. The molecule has 0 N–H and O–H groups in total. The summed E-state index contributed by atoms with van der Waals surface area (Å²) in [5.74, 6) is 0.496. The third-order valence-electron chi connectivity index (χ3n) is 5.49. The number of carbonyl (C=O) groups is 2. The number of pyridine rings is 1. The molecule has 1 atom stereocenters. The quantitative estimate of drug-likeness (QED) is 0.542. The van der Waals surface area contributed by atoms with Gasteiger partial charge >= 0.3 is 5.97 Å². The van der Waals surface area contributed by atoms with Crippen LogP contribution < -0.4 is 4.74 Å². The van der Waals surface area contributed by atoms with Gasteiger partial charge in [-0.2, -0.15) is 0 Å². The Kier molecular flexibility index (Phi) is 5.85. The van der Waals surface area contributed by atoms with Gasteiger partial charge in [0.05, 0.1) is 23.9 Å². The van der Waals surface area contributed by atoms with Gasteiger partial charge < -0.3 is 9.47 Å². The summed E-state index contributed by atoms with van der Waals surface area (Å²) in [7, 11) is 1.65. The van der Waals surface area contributed by atoms with Gasteiger partial charge in [-0.15, -0.1) is 0 Å². The average Bonchev–Trinajstić information content (AvgIpc) is 2.76. The molecule has 4 rings (SSSR count). The third kappa shape index (κ3) is 4.36. The average molecular weight is 415 g/mol. The second-order valence-electron chi connectivity index (χ2n) is 8.07. The molecule has 1 heterocycles. The van der Waals surface area contributed by atoms with E-state index in [0.29, 0.717) is 11.5 Å². The molecule has 1 aliphatic rings. The summed E-state index contributed by atoms with van der Waals surface area (Å²) in [5, 5.41) is 0.757. The van der Waals surface area contributed by atoms with E-state index in [1.165, 1.54) is 6.92 Å². The summed E-state index contributed by atoms with van der Waals surface area (Å²) >= 11 is 0. The molecule has 5 nitrogen and oxygen atoms in total. The zero-order valence-electron chi connectivity index (χ0n) is 18.0. The third-order valence-corrected chi connectivity index (χ3v) is 5.49. The van der Waals surface area contributed by atoms with Crippen LogP contribution in [0.25, 0.3) is 22.6 Å². The van der Waals surface area contributed by atoms with E-state index in [4.69, 9.17) is 14.5 Å². The van der Waals surface area contributed by atoms with Gasteiger partial charge in [-0.3, -0.25) is 4.79 Å². The number of hydrogen-bond acceptors (Lipinski definition) is 5. The maximum Gasteiger partial charge on any atom is 0.339 e. The Morgan fingerprint density at radius 1 is 1.10 bits per heavy atom. The number of carbonyl (C=O) groups excluding carboxylic acids is 2. The number of fused-ring (bicyclic) bond motifs is 2. The van der Waals surface area contributed by atoms with Crippen molar-refractivity contribution in [3.63, 3.8) is 0 Å². The fourth-order valence-electron chi connectivity index (χ4n) is 4.11. The van der Waals surface area contributed by atoms with Gasteiger partial charge in [-0.25, -0.2) is 9.78 Å². The number of hydrogen-bond donors (Lipinski definition) is 0. The van der Waals surface area contributed by atoms with Crippen molar-refractivity contribution in [2.45, 2.75) is 26.7 Å². The lowest BCUT2D eigenvalue weighted by Crippen LogP contribution is -2.20. The lowest BCUT2D eigenvalue weighted by Gasteiger charge is -2.26. The summed E-state index contributed by atoms with van der Waals surface area (Å²) in [5.41, 5.74) is 5.13. The lowest BCUT2D eigenvalue weighted by atomic mass is 9.80. The van der Waals surface area contributed by atoms with Crippen molar-refractivity contribution in [2.75, 3.05) is 13.7 Å². The van der Waals surface area contributed by atoms with E-state index in [-0.39, 0.29) is 12.4 Å². The van der Waals surface area contributed by atoms with Crippen molar-refractivity contribution in [1.82, 2.24) is 4.98 Å². The molecule has 5 heteroatoms. The van der Waals surface area contributed by atoms with Crippen LogP contribution in [-0.4, -0.2) is 30.5 Å². The van der Waals surface area contributed by atoms with Crippen LogP contribution >= 0.6 is 0 Å². The highest BCUT2D eigenvalue weighted by molar-refractivity contribution is 6.07. The van der Waals surface area contributed by atoms with Gasteiger partial charge in [0.1, 0.15) is 12.4 Å². The number of aromatic nitrogens is 1.